The molecule has 6 aliphatic carbocycles. The monoisotopic (exact) mass is 1040 g/mol. The first-order chi connectivity index (χ1) is 43.0. The van der Waals surface area contributed by atoms with Crippen molar-refractivity contribution in [2.45, 2.75) is 193 Å². The Morgan fingerprint density at radius 3 is 1.05 bits per heavy atom. The number of anilines is 9. The van der Waals surface area contributed by atoms with Gasteiger partial charge >= 0.3 is 0 Å². The van der Waals surface area contributed by atoms with Crippen molar-refractivity contribution in [3.63, 3.8) is 0 Å². The Morgan fingerprint density at radius 2 is 0.731 bits per heavy atom. The molecule has 0 atom stereocenters. The molecule has 0 unspecified atom stereocenters. The first-order valence-electron chi connectivity index (χ1n) is 36.2. The molecule has 0 spiro atoms. The highest BCUT2D eigenvalue weighted by Crippen LogP contribution is 2.55. The van der Waals surface area contributed by atoms with Crippen LogP contribution in [0.4, 0.5) is 51.2 Å². The maximum absolute atomic E-state index is 10.7. The van der Waals surface area contributed by atoms with Crippen LogP contribution in [0.2, 0.25) is 0 Å². The van der Waals surface area contributed by atoms with Crippen LogP contribution in [0.3, 0.4) is 0 Å². The fraction of sp³-hybridized carbons (Fsp3) is 0.432. The molecule has 400 valence electrons. The van der Waals surface area contributed by atoms with Crippen molar-refractivity contribution < 1.29 is 19.2 Å². The van der Waals surface area contributed by atoms with Gasteiger partial charge in [0.05, 0.1) is 24.9 Å². The van der Waals surface area contributed by atoms with Crippen molar-refractivity contribution in [1.82, 2.24) is 0 Å². The van der Waals surface area contributed by atoms with Crippen molar-refractivity contribution in [2.24, 2.45) is 11.8 Å². The second-order valence-electron chi connectivity index (χ2n) is 28.4. The van der Waals surface area contributed by atoms with E-state index in [1.54, 1.807) is 0 Å². The van der Waals surface area contributed by atoms with Crippen LogP contribution in [0, 0.1) is 11.8 Å². The first kappa shape index (κ1) is 37.8. The molecule has 0 amide bonds. The third-order valence-electron chi connectivity index (χ3n) is 19.1. The van der Waals surface area contributed by atoms with Crippen LogP contribution in [0.15, 0.2) is 145 Å². The Hall–Kier alpha value is -6.00. The average Bonchev–Trinajstić information content (AvgIpc) is 0.673. The van der Waals surface area contributed by atoms with Gasteiger partial charge < -0.3 is 14.7 Å². The predicted molar refractivity (Wildman–Crippen MR) is 336 cm³/mol. The lowest BCUT2D eigenvalue weighted by atomic mass is 9.33. The smallest absolute Gasteiger partial charge is 0.252 e. The van der Waals surface area contributed by atoms with Crippen LogP contribution >= 0.6 is 0 Å². The molecule has 0 aromatic heterocycles. The van der Waals surface area contributed by atoms with E-state index in [-0.39, 0.29) is 139 Å². The van der Waals surface area contributed by atoms with Crippen LogP contribution in [0.25, 0.3) is 0 Å². The molecule has 0 saturated heterocycles. The van der Waals surface area contributed by atoms with Gasteiger partial charge in [0.25, 0.3) is 6.71 Å². The maximum atomic E-state index is 10.7. The molecule has 7 aromatic carbocycles. The van der Waals surface area contributed by atoms with Crippen LogP contribution in [0.1, 0.15) is 213 Å². The molecule has 0 radical (unpaired) electrons. The van der Waals surface area contributed by atoms with Gasteiger partial charge in [-0.1, -0.05) is 156 Å². The molecule has 7 aromatic rings. The Labute approximate surface area is 489 Å². The summed E-state index contributed by atoms with van der Waals surface area (Å²) in [5, 5.41) is 0. The van der Waals surface area contributed by atoms with Crippen LogP contribution < -0.4 is 31.1 Å². The summed E-state index contributed by atoms with van der Waals surface area (Å²) in [6.45, 7) is 20.9. The summed E-state index contributed by atoms with van der Waals surface area (Å²) in [5.41, 5.74) is 2.09. The molecule has 6 fully saturated rings. The second-order valence-corrected chi connectivity index (χ2v) is 28.4. The second kappa shape index (κ2) is 18.3. The number of benzene rings is 7. The van der Waals surface area contributed by atoms with Gasteiger partial charge in [0, 0.05) is 45.5 Å². The maximum Gasteiger partial charge on any atom is 0.252 e. The molecule has 4 heteroatoms. The lowest BCUT2D eigenvalue weighted by Crippen LogP contribution is -2.61. The largest absolute Gasteiger partial charge is 0.311 e. The van der Waals surface area contributed by atoms with E-state index in [4.69, 9.17) is 0 Å². The van der Waals surface area contributed by atoms with Crippen molar-refractivity contribution >= 4 is 74.3 Å². The topological polar surface area (TPSA) is 9.72 Å². The van der Waals surface area contributed by atoms with E-state index in [0.29, 0.717) is 11.2 Å². The Bertz CT molecular complexity index is 3900. The highest BCUT2D eigenvalue weighted by molar-refractivity contribution is 7.00. The zero-order valence-corrected chi connectivity index (χ0v) is 48.3. The minimum Gasteiger partial charge on any atom is -0.311 e. The van der Waals surface area contributed by atoms with Gasteiger partial charge in [0.15, 0.2) is 0 Å². The molecule has 78 heavy (non-hydrogen) atoms. The van der Waals surface area contributed by atoms with Crippen LogP contribution in [0.5, 0.6) is 0 Å². The number of fused-ring (bicyclic) bond motifs is 10. The summed E-state index contributed by atoms with van der Waals surface area (Å²) in [7, 11) is 0. The fourth-order valence-corrected chi connectivity index (χ4v) is 14.2. The number of hydrogen-bond donors (Lipinski definition) is 0. The minimum absolute atomic E-state index is 0.0586. The molecular weight excluding hydrogens is 942 g/mol. The minimum atomic E-state index is -1.28. The zero-order chi connectivity index (χ0) is 66.5. The van der Waals surface area contributed by atoms with Gasteiger partial charge in [-0.2, -0.15) is 0 Å². The van der Waals surface area contributed by atoms with E-state index in [1.165, 1.54) is 59.5 Å². The molecular formula is C74H86BN3. The first-order valence-corrected chi connectivity index (χ1v) is 29.2. The van der Waals surface area contributed by atoms with Crippen LogP contribution in [-0.2, 0) is 32.5 Å². The van der Waals surface area contributed by atoms with Gasteiger partial charge in [0.1, 0.15) is 0 Å². The number of nitrogens with zero attached hydrogens (tertiary/aromatic N) is 3. The molecule has 2 heterocycles. The van der Waals surface area contributed by atoms with E-state index >= 15 is 0 Å². The number of rotatable bonds is 7. The summed E-state index contributed by atoms with van der Waals surface area (Å²) in [4.78, 5) is 5.15. The van der Waals surface area contributed by atoms with E-state index in [0.717, 1.165) is 61.7 Å². The van der Waals surface area contributed by atoms with Gasteiger partial charge in [-0.3, -0.25) is 0 Å². The molecule has 3 nitrogen and oxygen atoms in total. The normalized spacial score (nSPS) is 25.1. The Kier molecular flexibility index (Phi) is 8.85. The summed E-state index contributed by atoms with van der Waals surface area (Å²) >= 11 is 0. The molecule has 2 aliphatic heterocycles. The summed E-state index contributed by atoms with van der Waals surface area (Å²) in [5.74, 6) is 1.53. The SMILES string of the molecule is [2H]c1c([2H])c(C(C)(C)C)c([2H])c([2H])c1N1c2cc(N(c3ccc(C45CCC(CC4)CC5)cc3)c3ccc(C45CCC(CC4)CC5)cc3)cc3c2B(c2c([2H])c(C(C)(C)C)c([2H])c([2H])c21)c1c([2H])c(C(C)(C)C)c([2H])c([2H])c1N3c1c([2H])c([2H])c(C(C)(C)C)c([2H])c1[2H]. The number of hydrogen-bond acceptors (Lipinski definition) is 3. The van der Waals surface area contributed by atoms with Crippen molar-refractivity contribution in [2.75, 3.05) is 14.7 Å². The summed E-state index contributed by atoms with van der Waals surface area (Å²) < 4.78 is 142. The van der Waals surface area contributed by atoms with E-state index in [1.807, 2.05) is 95.2 Å². The van der Waals surface area contributed by atoms with Gasteiger partial charge in [-0.15, -0.1) is 0 Å². The summed E-state index contributed by atoms with van der Waals surface area (Å²) in [6, 6.07) is 16.8. The standard InChI is InChI=1S/C74H86BN3/c1-69(2,3)51-13-23-59(24-14-51)77-64-31-21-55(71(7,8)9)45-62(64)75-63-46-56(72(10,11)12)22-32-65(63)78(60-25-15-52(16-26-60)70(4,5)6)67-48-61(47-66(77)68(67)75)76(57-27-17-53(18-28-57)73-39-33-49(34-40-73)35-41-73)58-29-19-54(20-30-58)74-42-36-50(37-43-74)38-44-74/h13-32,45-50H,33-44H2,1-12H3/i13D,14D,15D,16D,21D,22D,23D,24D,25D,26D,31D,32D,45D,46D. The van der Waals surface area contributed by atoms with Crippen LogP contribution in [-0.4, -0.2) is 6.71 Å². The Balaban J connectivity index is 1.23. The van der Waals surface area contributed by atoms with Gasteiger partial charge in [-0.25, -0.2) is 0 Å². The van der Waals surface area contributed by atoms with E-state index < -0.39 is 52.5 Å². The zero-order valence-electron chi connectivity index (χ0n) is 62.3. The molecule has 8 aliphatic rings. The van der Waals surface area contributed by atoms with E-state index in [9.17, 15) is 19.2 Å². The Morgan fingerprint density at radius 1 is 0.410 bits per heavy atom. The third-order valence-corrected chi connectivity index (χ3v) is 19.1. The van der Waals surface area contributed by atoms with E-state index in [2.05, 4.69) is 53.4 Å². The average molecular weight is 1040 g/mol. The summed E-state index contributed by atoms with van der Waals surface area (Å²) in [6.07, 6.45) is 14.0. The predicted octanol–water partition coefficient (Wildman–Crippen LogP) is 18.9. The van der Waals surface area contributed by atoms with Crippen molar-refractivity contribution in [3.05, 3.63) is 179 Å². The lowest BCUT2D eigenvalue weighted by Gasteiger charge is -2.47. The van der Waals surface area contributed by atoms with Gasteiger partial charge in [0.2, 0.25) is 0 Å². The highest BCUT2D eigenvalue weighted by Gasteiger charge is 2.46. The fourth-order valence-electron chi connectivity index (χ4n) is 14.2. The molecule has 6 saturated carbocycles. The van der Waals surface area contributed by atoms with Crippen molar-refractivity contribution in [1.29, 1.82) is 0 Å². The van der Waals surface area contributed by atoms with Crippen molar-refractivity contribution in [3.8, 4) is 0 Å². The lowest BCUT2D eigenvalue weighted by molar-refractivity contribution is 0.136. The quantitative estimate of drug-likeness (QED) is 0.147. The highest BCUT2D eigenvalue weighted by atomic mass is 15.2. The molecule has 15 rings (SSSR count). The third kappa shape index (κ3) is 8.68. The molecule has 4 bridgehead atoms. The van der Waals surface area contributed by atoms with Gasteiger partial charge in [-0.05, 0) is 244 Å². The molecule has 0 N–H and O–H groups in total.